The van der Waals surface area contributed by atoms with Crippen molar-refractivity contribution in [3.63, 3.8) is 0 Å². The molecule has 0 bridgehead atoms. The van der Waals surface area contributed by atoms with Crippen molar-refractivity contribution in [3.05, 3.63) is 0 Å². The third-order valence-electron chi connectivity index (χ3n) is 4.35. The van der Waals surface area contributed by atoms with Crippen molar-refractivity contribution in [1.82, 2.24) is 10.6 Å². The first kappa shape index (κ1) is 24.7. The summed E-state index contributed by atoms with van der Waals surface area (Å²) in [6.45, 7) is 5.15. The van der Waals surface area contributed by atoms with Crippen molar-refractivity contribution in [3.8, 4) is 0 Å². The van der Waals surface area contributed by atoms with Crippen LogP contribution in [0, 0.1) is 5.92 Å². The van der Waals surface area contributed by atoms with Crippen LogP contribution in [-0.4, -0.2) is 50.7 Å². The quantitative estimate of drug-likeness (QED) is 0.355. The van der Waals surface area contributed by atoms with E-state index in [1.165, 1.54) is 0 Å². The molecular formula is C15H29F3IN3O2S. The maximum absolute atomic E-state index is 12.7. The van der Waals surface area contributed by atoms with Gasteiger partial charge in [-0.3, -0.25) is 4.99 Å². The number of aliphatic imine (C=N–C) groups is 1. The summed E-state index contributed by atoms with van der Waals surface area (Å²) in [5.41, 5.74) is 0. The van der Waals surface area contributed by atoms with Gasteiger partial charge in [0.25, 0.3) is 0 Å². The Morgan fingerprint density at radius 2 is 1.64 bits per heavy atom. The molecule has 0 aromatic carbocycles. The second-order valence-electron chi connectivity index (χ2n) is 7.16. The van der Waals surface area contributed by atoms with Crippen molar-refractivity contribution in [1.29, 1.82) is 0 Å². The summed E-state index contributed by atoms with van der Waals surface area (Å²) in [5.74, 6) is -0.824. The fourth-order valence-corrected chi connectivity index (χ4v) is 3.55. The fourth-order valence-electron chi connectivity index (χ4n) is 2.56. The number of halogens is 4. The van der Waals surface area contributed by atoms with Crippen LogP contribution in [0.3, 0.4) is 0 Å². The predicted octanol–water partition coefficient (Wildman–Crippen LogP) is 3.10. The van der Waals surface area contributed by atoms with E-state index in [9.17, 15) is 21.6 Å². The molecule has 10 heteroatoms. The zero-order valence-corrected chi connectivity index (χ0v) is 18.3. The maximum atomic E-state index is 12.7. The number of nitrogens with zero attached hydrogens (tertiary/aromatic N) is 1. The van der Waals surface area contributed by atoms with Gasteiger partial charge in [0.2, 0.25) is 0 Å². The van der Waals surface area contributed by atoms with Gasteiger partial charge in [0.15, 0.2) is 15.8 Å². The van der Waals surface area contributed by atoms with Gasteiger partial charge >= 0.3 is 6.18 Å². The van der Waals surface area contributed by atoms with E-state index >= 15 is 0 Å². The van der Waals surface area contributed by atoms with Crippen LogP contribution in [0.4, 0.5) is 13.2 Å². The highest BCUT2D eigenvalue weighted by Crippen LogP contribution is 2.37. The van der Waals surface area contributed by atoms with Crippen LogP contribution in [0.2, 0.25) is 0 Å². The summed E-state index contributed by atoms with van der Waals surface area (Å²) in [4.78, 5) is 4.01. The minimum atomic E-state index is -4.12. The Labute approximate surface area is 165 Å². The lowest BCUT2D eigenvalue weighted by Gasteiger charge is -2.31. The van der Waals surface area contributed by atoms with Gasteiger partial charge in [0, 0.05) is 19.6 Å². The van der Waals surface area contributed by atoms with E-state index in [1.54, 1.807) is 27.8 Å². The Bertz CT molecular complexity index is 537. The van der Waals surface area contributed by atoms with Gasteiger partial charge in [-0.25, -0.2) is 8.42 Å². The summed E-state index contributed by atoms with van der Waals surface area (Å²) >= 11 is 0. The first-order chi connectivity index (χ1) is 10.9. The lowest BCUT2D eigenvalue weighted by atomic mass is 9.85. The lowest BCUT2D eigenvalue weighted by molar-refractivity contribution is -0.182. The number of rotatable bonds is 4. The van der Waals surface area contributed by atoms with Gasteiger partial charge in [0.1, 0.15) is 0 Å². The minimum absolute atomic E-state index is 0. The fraction of sp³-hybridized carbons (Fsp3) is 0.933. The average molecular weight is 499 g/mol. The molecule has 25 heavy (non-hydrogen) atoms. The van der Waals surface area contributed by atoms with Crippen LogP contribution in [-0.2, 0) is 9.84 Å². The molecule has 5 nitrogen and oxygen atoms in total. The van der Waals surface area contributed by atoms with Gasteiger partial charge in [0.05, 0.1) is 16.4 Å². The molecule has 0 heterocycles. The van der Waals surface area contributed by atoms with Crippen molar-refractivity contribution >= 4 is 39.8 Å². The first-order valence-electron chi connectivity index (χ1n) is 8.13. The first-order valence-corrected chi connectivity index (χ1v) is 9.78. The van der Waals surface area contributed by atoms with E-state index in [4.69, 9.17) is 0 Å². The van der Waals surface area contributed by atoms with Crippen LogP contribution >= 0.6 is 24.0 Å². The highest BCUT2D eigenvalue weighted by Gasteiger charge is 2.41. The van der Waals surface area contributed by atoms with Gasteiger partial charge in [-0.15, -0.1) is 24.0 Å². The summed E-state index contributed by atoms with van der Waals surface area (Å²) in [7, 11) is -1.68. The molecule has 2 N–H and O–H groups in total. The zero-order chi connectivity index (χ0) is 18.6. The van der Waals surface area contributed by atoms with Crippen LogP contribution in [0.1, 0.15) is 46.5 Å². The van der Waals surface area contributed by atoms with E-state index in [0.29, 0.717) is 18.8 Å². The number of alkyl halides is 3. The highest BCUT2D eigenvalue weighted by molar-refractivity contribution is 14.0. The molecule has 1 aliphatic carbocycles. The van der Waals surface area contributed by atoms with Crippen LogP contribution < -0.4 is 10.6 Å². The SMILES string of the molecule is CN=C(NCCS(=O)(=O)C(C)(C)C)NC1CCC(C(F)(F)F)CC1.I. The largest absolute Gasteiger partial charge is 0.391 e. The molecule has 1 saturated carbocycles. The molecule has 150 valence electrons. The van der Waals surface area contributed by atoms with E-state index in [2.05, 4.69) is 15.6 Å². The van der Waals surface area contributed by atoms with E-state index in [1.807, 2.05) is 0 Å². The normalized spacial score (nSPS) is 22.9. The van der Waals surface area contributed by atoms with Crippen molar-refractivity contribution in [2.75, 3.05) is 19.3 Å². The minimum Gasteiger partial charge on any atom is -0.355 e. The number of sulfone groups is 1. The van der Waals surface area contributed by atoms with E-state index < -0.39 is 26.7 Å². The molecule has 0 unspecified atom stereocenters. The maximum Gasteiger partial charge on any atom is 0.391 e. The number of guanidine groups is 1. The van der Waals surface area contributed by atoms with Crippen molar-refractivity contribution in [2.45, 2.75) is 63.4 Å². The summed E-state index contributed by atoms with van der Waals surface area (Å²) in [6, 6.07) is -0.0750. The van der Waals surface area contributed by atoms with Gasteiger partial charge in [-0.1, -0.05) is 0 Å². The molecule has 0 atom stereocenters. The Morgan fingerprint density at radius 3 is 2.04 bits per heavy atom. The topological polar surface area (TPSA) is 70.6 Å². The van der Waals surface area contributed by atoms with Gasteiger partial charge < -0.3 is 10.6 Å². The molecule has 0 aromatic rings. The second-order valence-corrected chi connectivity index (χ2v) is 10.0. The van der Waals surface area contributed by atoms with Crippen molar-refractivity contribution < 1.29 is 21.6 Å². The molecule has 0 aliphatic heterocycles. The van der Waals surface area contributed by atoms with Crippen molar-refractivity contribution in [2.24, 2.45) is 10.9 Å². The molecule has 1 rings (SSSR count). The van der Waals surface area contributed by atoms with Crippen LogP contribution in [0.5, 0.6) is 0 Å². The molecule has 0 spiro atoms. The van der Waals surface area contributed by atoms with Crippen LogP contribution in [0.15, 0.2) is 4.99 Å². The Balaban J connectivity index is 0.00000576. The molecule has 0 amide bonds. The molecule has 0 aromatic heterocycles. The van der Waals surface area contributed by atoms with Crippen LogP contribution in [0.25, 0.3) is 0 Å². The van der Waals surface area contributed by atoms with E-state index in [0.717, 1.165) is 0 Å². The highest BCUT2D eigenvalue weighted by atomic mass is 127. The number of hydrogen-bond donors (Lipinski definition) is 2. The molecular weight excluding hydrogens is 470 g/mol. The summed E-state index contributed by atoms with van der Waals surface area (Å²) in [5, 5.41) is 6.00. The Morgan fingerprint density at radius 1 is 1.12 bits per heavy atom. The molecule has 0 saturated heterocycles. The summed E-state index contributed by atoms with van der Waals surface area (Å²) < 4.78 is 61.2. The molecule has 0 radical (unpaired) electrons. The average Bonchev–Trinajstić information content (AvgIpc) is 2.44. The zero-order valence-electron chi connectivity index (χ0n) is 15.1. The predicted molar refractivity (Wildman–Crippen MR) is 105 cm³/mol. The Hall–Kier alpha value is -0.260. The number of hydrogen-bond acceptors (Lipinski definition) is 3. The third-order valence-corrected chi connectivity index (χ3v) is 6.96. The summed E-state index contributed by atoms with van der Waals surface area (Å²) in [6.07, 6.45) is -3.06. The monoisotopic (exact) mass is 499 g/mol. The lowest BCUT2D eigenvalue weighted by Crippen LogP contribution is -2.47. The third kappa shape index (κ3) is 7.88. The smallest absolute Gasteiger partial charge is 0.355 e. The second kappa shape index (κ2) is 9.61. The Kier molecular flexibility index (Phi) is 9.51. The standard InChI is InChI=1S/C15H28F3N3O2S.HI/c1-14(2,3)24(22,23)10-9-20-13(19-4)21-12-7-5-11(6-8-12)15(16,17)18;/h11-12H,5-10H2,1-4H3,(H2,19,20,21);1H. The molecule has 1 aliphatic rings. The van der Waals surface area contributed by atoms with E-state index in [-0.39, 0.29) is 55.2 Å². The number of nitrogens with one attached hydrogen (secondary N) is 2. The molecule has 1 fully saturated rings. The van der Waals surface area contributed by atoms with Gasteiger partial charge in [-0.2, -0.15) is 13.2 Å². The van der Waals surface area contributed by atoms with Gasteiger partial charge in [-0.05, 0) is 46.5 Å².